The zero-order chi connectivity index (χ0) is 13.0. The summed E-state index contributed by atoms with van der Waals surface area (Å²) < 4.78 is 6.39. The van der Waals surface area contributed by atoms with Gasteiger partial charge in [-0.1, -0.05) is 6.07 Å². The maximum Gasteiger partial charge on any atom is 0.326 e. The van der Waals surface area contributed by atoms with Gasteiger partial charge in [0.25, 0.3) is 5.56 Å². The van der Waals surface area contributed by atoms with Gasteiger partial charge in [0.05, 0.1) is 6.10 Å². The maximum atomic E-state index is 11.9. The highest BCUT2D eigenvalue weighted by Gasteiger charge is 2.11. The number of pyridine rings is 1. The number of aromatic nitrogens is 1. The second kappa shape index (κ2) is 5.63. The Morgan fingerprint density at radius 2 is 2.12 bits per heavy atom. The molecule has 0 atom stereocenters. The number of carbonyl (C=O) groups excluding carboxylic acids is 1. The van der Waals surface area contributed by atoms with Gasteiger partial charge in [0.15, 0.2) is 0 Å². The minimum absolute atomic E-state index is 0.0727. The van der Waals surface area contributed by atoms with E-state index in [4.69, 9.17) is 10.5 Å². The molecule has 0 spiro atoms. The van der Waals surface area contributed by atoms with Gasteiger partial charge in [-0.3, -0.25) is 9.59 Å². The van der Waals surface area contributed by atoms with E-state index in [1.54, 1.807) is 32.9 Å². The van der Waals surface area contributed by atoms with Crippen LogP contribution in [0.15, 0.2) is 16.9 Å². The summed E-state index contributed by atoms with van der Waals surface area (Å²) in [6.07, 6.45) is -0.184. The Labute approximate surface area is 100 Å². The molecule has 0 unspecified atom stereocenters. The average Bonchev–Trinajstić information content (AvgIpc) is 2.23. The molecular formula is C12H18N2O3. The Morgan fingerprint density at radius 3 is 2.65 bits per heavy atom. The summed E-state index contributed by atoms with van der Waals surface area (Å²) in [5.74, 6) is -0.417. The largest absolute Gasteiger partial charge is 0.462 e. The van der Waals surface area contributed by atoms with Crippen molar-refractivity contribution in [1.29, 1.82) is 0 Å². The standard InChI is InChI=1S/C12H18N2O3/c1-8(2)17-11(15)7-14-9(3)4-5-10(6-13)12(14)16/h4-5,8H,6-7,13H2,1-3H3. The van der Waals surface area contributed by atoms with Crippen LogP contribution in [0.4, 0.5) is 0 Å². The normalized spacial score (nSPS) is 10.6. The highest BCUT2D eigenvalue weighted by molar-refractivity contribution is 5.69. The number of esters is 1. The van der Waals surface area contributed by atoms with Crippen molar-refractivity contribution in [3.05, 3.63) is 33.7 Å². The van der Waals surface area contributed by atoms with E-state index < -0.39 is 5.97 Å². The third-order valence-electron chi connectivity index (χ3n) is 2.35. The molecule has 1 aromatic heterocycles. The third-order valence-corrected chi connectivity index (χ3v) is 2.35. The van der Waals surface area contributed by atoms with Crippen molar-refractivity contribution >= 4 is 5.97 Å². The zero-order valence-corrected chi connectivity index (χ0v) is 10.4. The molecule has 1 heterocycles. The third kappa shape index (κ3) is 3.42. The molecule has 0 saturated heterocycles. The van der Waals surface area contributed by atoms with Crippen LogP contribution in [-0.2, 0) is 22.6 Å². The molecule has 0 bridgehead atoms. The van der Waals surface area contributed by atoms with E-state index in [-0.39, 0.29) is 24.8 Å². The maximum absolute atomic E-state index is 11.9. The number of rotatable bonds is 4. The fourth-order valence-electron chi connectivity index (χ4n) is 1.50. The van der Waals surface area contributed by atoms with E-state index in [0.29, 0.717) is 11.3 Å². The molecule has 94 valence electrons. The van der Waals surface area contributed by atoms with Gasteiger partial charge in [-0.05, 0) is 26.8 Å². The van der Waals surface area contributed by atoms with Gasteiger partial charge in [0.1, 0.15) is 6.54 Å². The number of hydrogen-bond donors (Lipinski definition) is 1. The molecule has 5 nitrogen and oxygen atoms in total. The van der Waals surface area contributed by atoms with Crippen LogP contribution < -0.4 is 11.3 Å². The van der Waals surface area contributed by atoms with Crippen molar-refractivity contribution < 1.29 is 9.53 Å². The van der Waals surface area contributed by atoms with Crippen LogP contribution in [0.25, 0.3) is 0 Å². The van der Waals surface area contributed by atoms with Crippen molar-refractivity contribution in [3.8, 4) is 0 Å². The summed E-state index contributed by atoms with van der Waals surface area (Å²) >= 11 is 0. The van der Waals surface area contributed by atoms with Gasteiger partial charge < -0.3 is 15.0 Å². The summed E-state index contributed by atoms with van der Waals surface area (Å²) in [5, 5.41) is 0. The number of aryl methyl sites for hydroxylation is 1. The van der Waals surface area contributed by atoms with Gasteiger partial charge >= 0.3 is 5.97 Å². The lowest BCUT2D eigenvalue weighted by atomic mass is 10.2. The first-order valence-corrected chi connectivity index (χ1v) is 5.54. The minimum atomic E-state index is -0.417. The Morgan fingerprint density at radius 1 is 1.47 bits per heavy atom. The summed E-state index contributed by atoms with van der Waals surface area (Å²) in [4.78, 5) is 23.4. The molecule has 0 radical (unpaired) electrons. The quantitative estimate of drug-likeness (QED) is 0.778. The summed E-state index contributed by atoms with van der Waals surface area (Å²) in [6, 6.07) is 3.45. The monoisotopic (exact) mass is 238 g/mol. The van der Waals surface area contributed by atoms with E-state index in [0.717, 1.165) is 0 Å². The molecule has 1 aromatic rings. The zero-order valence-electron chi connectivity index (χ0n) is 10.4. The first-order chi connectivity index (χ1) is 7.95. The average molecular weight is 238 g/mol. The molecule has 0 saturated carbocycles. The van der Waals surface area contributed by atoms with Crippen LogP contribution in [0, 0.1) is 6.92 Å². The summed E-state index contributed by atoms with van der Waals surface area (Å²) in [5.41, 5.74) is 6.43. The predicted molar refractivity (Wildman–Crippen MR) is 64.6 cm³/mol. The number of carbonyl (C=O) groups is 1. The van der Waals surface area contributed by atoms with Crippen LogP contribution in [0.2, 0.25) is 0 Å². The number of ether oxygens (including phenoxy) is 1. The highest BCUT2D eigenvalue weighted by atomic mass is 16.5. The first kappa shape index (κ1) is 13.4. The lowest BCUT2D eigenvalue weighted by Gasteiger charge is -2.12. The van der Waals surface area contributed by atoms with Crippen molar-refractivity contribution in [2.24, 2.45) is 5.73 Å². The van der Waals surface area contributed by atoms with Gasteiger partial charge in [0.2, 0.25) is 0 Å². The van der Waals surface area contributed by atoms with E-state index in [1.807, 2.05) is 0 Å². The summed E-state index contributed by atoms with van der Waals surface area (Å²) in [7, 11) is 0. The molecule has 0 aromatic carbocycles. The number of nitrogens with zero attached hydrogens (tertiary/aromatic N) is 1. The van der Waals surface area contributed by atoms with Crippen LogP contribution in [0.3, 0.4) is 0 Å². The Balaban J connectivity index is 2.98. The van der Waals surface area contributed by atoms with Gasteiger partial charge in [-0.25, -0.2) is 0 Å². The van der Waals surface area contributed by atoms with E-state index in [2.05, 4.69) is 0 Å². The van der Waals surface area contributed by atoms with Crippen molar-refractivity contribution in [2.45, 2.75) is 40.0 Å². The van der Waals surface area contributed by atoms with E-state index in [9.17, 15) is 9.59 Å². The molecule has 0 aliphatic heterocycles. The minimum Gasteiger partial charge on any atom is -0.462 e. The molecule has 0 fully saturated rings. The lowest BCUT2D eigenvalue weighted by Crippen LogP contribution is -2.31. The summed E-state index contributed by atoms with van der Waals surface area (Å²) in [6.45, 7) is 5.40. The Bertz CT molecular complexity index is 463. The predicted octanol–water partition coefficient (Wildman–Crippen LogP) is 0.567. The van der Waals surface area contributed by atoms with Crippen LogP contribution >= 0.6 is 0 Å². The Kier molecular flexibility index (Phi) is 4.45. The van der Waals surface area contributed by atoms with E-state index >= 15 is 0 Å². The SMILES string of the molecule is Cc1ccc(CN)c(=O)n1CC(=O)OC(C)C. The van der Waals surface area contributed by atoms with Crippen LogP contribution in [0.1, 0.15) is 25.1 Å². The topological polar surface area (TPSA) is 74.3 Å². The van der Waals surface area contributed by atoms with Crippen molar-refractivity contribution in [3.63, 3.8) is 0 Å². The highest BCUT2D eigenvalue weighted by Crippen LogP contribution is 2.00. The molecule has 17 heavy (non-hydrogen) atoms. The van der Waals surface area contributed by atoms with Crippen LogP contribution in [-0.4, -0.2) is 16.6 Å². The first-order valence-electron chi connectivity index (χ1n) is 5.54. The van der Waals surface area contributed by atoms with Crippen molar-refractivity contribution in [1.82, 2.24) is 4.57 Å². The van der Waals surface area contributed by atoms with Gasteiger partial charge in [0, 0.05) is 17.8 Å². The van der Waals surface area contributed by atoms with E-state index in [1.165, 1.54) is 4.57 Å². The van der Waals surface area contributed by atoms with Gasteiger partial charge in [-0.2, -0.15) is 0 Å². The molecular weight excluding hydrogens is 220 g/mol. The smallest absolute Gasteiger partial charge is 0.326 e. The Hall–Kier alpha value is -1.62. The molecule has 0 aliphatic rings. The second-order valence-electron chi connectivity index (χ2n) is 4.13. The van der Waals surface area contributed by atoms with Gasteiger partial charge in [-0.15, -0.1) is 0 Å². The molecule has 0 amide bonds. The fraction of sp³-hybridized carbons (Fsp3) is 0.500. The molecule has 1 rings (SSSR count). The number of hydrogen-bond acceptors (Lipinski definition) is 4. The van der Waals surface area contributed by atoms with Crippen molar-refractivity contribution in [2.75, 3.05) is 0 Å². The fourth-order valence-corrected chi connectivity index (χ4v) is 1.50. The molecule has 5 heteroatoms. The number of nitrogens with two attached hydrogens (primary N) is 1. The van der Waals surface area contributed by atoms with Crippen LogP contribution in [0.5, 0.6) is 0 Å². The second-order valence-corrected chi connectivity index (χ2v) is 4.13. The lowest BCUT2D eigenvalue weighted by molar-refractivity contribution is -0.148. The molecule has 0 aliphatic carbocycles. The molecule has 2 N–H and O–H groups in total.